The maximum absolute atomic E-state index is 13.3. The van der Waals surface area contributed by atoms with Gasteiger partial charge in [0.2, 0.25) is 5.91 Å². The van der Waals surface area contributed by atoms with Crippen molar-refractivity contribution in [1.29, 1.82) is 0 Å². The number of amides is 4. The second-order valence-corrected chi connectivity index (χ2v) is 7.75. The maximum Gasteiger partial charge on any atom is 0.322 e. The molecule has 0 unspecified atom stereocenters. The van der Waals surface area contributed by atoms with E-state index in [0.29, 0.717) is 22.0 Å². The lowest BCUT2D eigenvalue weighted by atomic mass is 10.1. The van der Waals surface area contributed by atoms with Crippen LogP contribution in [0.3, 0.4) is 0 Å². The van der Waals surface area contributed by atoms with Gasteiger partial charge in [-0.1, -0.05) is 41.9 Å². The molecule has 1 saturated heterocycles. The van der Waals surface area contributed by atoms with Gasteiger partial charge in [0.15, 0.2) is 0 Å². The van der Waals surface area contributed by atoms with Crippen LogP contribution in [0.15, 0.2) is 78.9 Å². The summed E-state index contributed by atoms with van der Waals surface area (Å²) in [4.78, 5) is 41.5. The summed E-state index contributed by atoms with van der Waals surface area (Å²) < 4.78 is 13.3. The van der Waals surface area contributed by atoms with E-state index in [1.54, 1.807) is 48.5 Å². The van der Waals surface area contributed by atoms with Crippen LogP contribution in [0, 0.1) is 5.82 Å². The highest BCUT2D eigenvalue weighted by molar-refractivity contribution is 6.31. The summed E-state index contributed by atoms with van der Waals surface area (Å²) in [5.74, 6) is -1.34. The molecule has 1 N–H and O–H groups in total. The Kier molecular flexibility index (Phi) is 6.18. The number of hydrogen-bond acceptors (Lipinski definition) is 3. The lowest BCUT2D eigenvalue weighted by Crippen LogP contribution is -2.46. The van der Waals surface area contributed by atoms with Crippen molar-refractivity contribution in [3.63, 3.8) is 0 Å². The monoisotopic (exact) mass is 451 g/mol. The Morgan fingerprint density at radius 1 is 1.00 bits per heavy atom. The summed E-state index contributed by atoms with van der Waals surface area (Å²) in [5, 5.41) is 3.24. The highest BCUT2D eigenvalue weighted by atomic mass is 35.5. The van der Waals surface area contributed by atoms with E-state index in [-0.39, 0.29) is 13.0 Å². The average Bonchev–Trinajstić information content (AvgIpc) is 3.08. The number of nitrogens with one attached hydrogen (secondary N) is 1. The highest BCUT2D eigenvalue weighted by Crippen LogP contribution is 2.28. The third-order valence-corrected chi connectivity index (χ3v) is 5.39. The van der Waals surface area contributed by atoms with Crippen molar-refractivity contribution in [2.24, 2.45) is 0 Å². The van der Waals surface area contributed by atoms with Crippen LogP contribution in [-0.4, -0.2) is 28.8 Å². The first-order valence-corrected chi connectivity index (χ1v) is 10.3. The molecule has 1 atom stereocenters. The van der Waals surface area contributed by atoms with E-state index in [0.717, 1.165) is 4.90 Å². The summed E-state index contributed by atoms with van der Waals surface area (Å²) in [7, 11) is 0. The zero-order chi connectivity index (χ0) is 22.7. The lowest BCUT2D eigenvalue weighted by molar-refractivity contribution is -0.122. The minimum Gasteiger partial charge on any atom is -0.308 e. The minimum absolute atomic E-state index is 0.0249. The SMILES string of the molecule is O=C1C[C@@H](N(Cc2ccc(F)cc2)C(=O)Nc2ccccc2)C(=O)N1c1ccc(Cl)cc1. The van der Waals surface area contributed by atoms with Gasteiger partial charge in [0.05, 0.1) is 12.1 Å². The molecule has 4 rings (SSSR count). The molecule has 0 saturated carbocycles. The van der Waals surface area contributed by atoms with Crippen LogP contribution in [0.1, 0.15) is 12.0 Å². The molecule has 1 heterocycles. The van der Waals surface area contributed by atoms with Crippen LogP contribution < -0.4 is 10.2 Å². The molecule has 32 heavy (non-hydrogen) atoms. The van der Waals surface area contributed by atoms with Crippen molar-refractivity contribution in [2.75, 3.05) is 10.2 Å². The van der Waals surface area contributed by atoms with E-state index in [1.807, 2.05) is 6.07 Å². The van der Waals surface area contributed by atoms with Gasteiger partial charge in [0.1, 0.15) is 11.9 Å². The molecule has 3 aromatic carbocycles. The number of nitrogens with zero attached hydrogens (tertiary/aromatic N) is 2. The largest absolute Gasteiger partial charge is 0.322 e. The summed E-state index contributed by atoms with van der Waals surface area (Å²) in [6.07, 6.45) is -0.162. The van der Waals surface area contributed by atoms with Gasteiger partial charge in [-0.15, -0.1) is 0 Å². The molecule has 6 nitrogen and oxygen atoms in total. The second-order valence-electron chi connectivity index (χ2n) is 7.31. The summed E-state index contributed by atoms with van der Waals surface area (Å²) >= 11 is 5.91. The molecule has 8 heteroatoms. The molecule has 0 aromatic heterocycles. The van der Waals surface area contributed by atoms with Crippen molar-refractivity contribution in [1.82, 2.24) is 4.90 Å². The molecular weight excluding hydrogens is 433 g/mol. The van der Waals surface area contributed by atoms with Gasteiger partial charge in [-0.25, -0.2) is 14.1 Å². The number of imide groups is 1. The molecule has 0 bridgehead atoms. The molecular formula is C24H19ClFN3O3. The van der Waals surface area contributed by atoms with Crippen LogP contribution in [0.25, 0.3) is 0 Å². The van der Waals surface area contributed by atoms with Gasteiger partial charge >= 0.3 is 6.03 Å². The van der Waals surface area contributed by atoms with Crippen molar-refractivity contribution in [3.8, 4) is 0 Å². The van der Waals surface area contributed by atoms with E-state index in [1.165, 1.54) is 29.2 Å². The molecule has 4 amide bonds. The van der Waals surface area contributed by atoms with Crippen LogP contribution in [0.5, 0.6) is 0 Å². The Morgan fingerprint density at radius 2 is 1.66 bits per heavy atom. The van der Waals surface area contributed by atoms with E-state index >= 15 is 0 Å². The number of para-hydroxylation sites is 1. The number of carbonyl (C=O) groups is 3. The topological polar surface area (TPSA) is 69.7 Å². The Morgan fingerprint density at radius 3 is 2.31 bits per heavy atom. The second kappa shape index (κ2) is 9.20. The van der Waals surface area contributed by atoms with E-state index < -0.39 is 29.7 Å². The first-order valence-electron chi connectivity index (χ1n) is 9.92. The molecule has 0 spiro atoms. The van der Waals surface area contributed by atoms with Crippen LogP contribution in [-0.2, 0) is 16.1 Å². The quantitative estimate of drug-likeness (QED) is 0.564. The molecule has 3 aromatic rings. The molecule has 162 valence electrons. The predicted molar refractivity (Wildman–Crippen MR) is 120 cm³/mol. The predicted octanol–water partition coefficient (Wildman–Crippen LogP) is 4.85. The Bertz CT molecular complexity index is 1140. The van der Waals surface area contributed by atoms with Crippen LogP contribution in [0.4, 0.5) is 20.6 Å². The zero-order valence-corrected chi connectivity index (χ0v) is 17.6. The highest BCUT2D eigenvalue weighted by Gasteiger charge is 2.44. The van der Waals surface area contributed by atoms with E-state index in [2.05, 4.69) is 5.32 Å². The fourth-order valence-corrected chi connectivity index (χ4v) is 3.67. The van der Waals surface area contributed by atoms with Crippen molar-refractivity contribution < 1.29 is 18.8 Å². The van der Waals surface area contributed by atoms with Crippen LogP contribution in [0.2, 0.25) is 5.02 Å². The van der Waals surface area contributed by atoms with Crippen LogP contribution >= 0.6 is 11.6 Å². The summed E-state index contributed by atoms with van der Waals surface area (Å²) in [6, 6.07) is 19.2. The van der Waals surface area contributed by atoms with Gasteiger partial charge in [-0.05, 0) is 54.1 Å². The Labute approximate surface area is 189 Å². The number of carbonyl (C=O) groups excluding carboxylic acids is 3. The summed E-state index contributed by atoms with van der Waals surface area (Å²) in [6.45, 7) is 0.0249. The molecule has 1 aliphatic heterocycles. The van der Waals surface area contributed by atoms with E-state index in [9.17, 15) is 18.8 Å². The molecule has 1 aliphatic rings. The van der Waals surface area contributed by atoms with Crippen molar-refractivity contribution in [3.05, 3.63) is 95.3 Å². The average molecular weight is 452 g/mol. The summed E-state index contributed by atoms with van der Waals surface area (Å²) in [5.41, 5.74) is 1.56. The Balaban J connectivity index is 1.63. The van der Waals surface area contributed by atoms with Gasteiger partial charge in [-0.3, -0.25) is 9.59 Å². The Hall–Kier alpha value is -3.71. The van der Waals surface area contributed by atoms with E-state index in [4.69, 9.17) is 11.6 Å². The lowest BCUT2D eigenvalue weighted by Gasteiger charge is -2.28. The van der Waals surface area contributed by atoms with Gasteiger partial charge in [-0.2, -0.15) is 0 Å². The fourth-order valence-electron chi connectivity index (χ4n) is 3.55. The standard InChI is InChI=1S/C24H19ClFN3O3/c25-17-8-12-20(13-9-17)29-22(30)14-21(23(29)31)28(15-16-6-10-18(26)11-7-16)24(32)27-19-4-2-1-3-5-19/h1-13,21H,14-15H2,(H,27,32)/t21-/m1/s1. The molecule has 1 fully saturated rings. The normalized spacial score (nSPS) is 15.7. The first-order chi connectivity index (χ1) is 15.4. The fraction of sp³-hybridized carbons (Fsp3) is 0.125. The number of anilines is 2. The maximum atomic E-state index is 13.3. The molecule has 0 aliphatic carbocycles. The molecule has 0 radical (unpaired) electrons. The van der Waals surface area contributed by atoms with Crippen molar-refractivity contribution >= 4 is 40.8 Å². The minimum atomic E-state index is -1.01. The number of rotatable bonds is 5. The smallest absolute Gasteiger partial charge is 0.308 e. The van der Waals surface area contributed by atoms with Crippen molar-refractivity contribution in [2.45, 2.75) is 19.0 Å². The first kappa shape index (κ1) is 21.5. The third kappa shape index (κ3) is 4.63. The van der Waals surface area contributed by atoms with Gasteiger partial charge in [0, 0.05) is 17.3 Å². The third-order valence-electron chi connectivity index (χ3n) is 5.14. The number of benzene rings is 3. The number of halogens is 2. The van der Waals surface area contributed by atoms with Gasteiger partial charge in [0.25, 0.3) is 5.91 Å². The number of urea groups is 1. The van der Waals surface area contributed by atoms with Gasteiger partial charge < -0.3 is 10.2 Å². The number of hydrogen-bond donors (Lipinski definition) is 1. The zero-order valence-electron chi connectivity index (χ0n) is 16.9.